The van der Waals surface area contributed by atoms with E-state index in [9.17, 15) is 9.59 Å². The molecule has 0 spiro atoms. The third-order valence-corrected chi connectivity index (χ3v) is 5.32. The molecular formula is C24H22N2O4. The number of benzene rings is 2. The van der Waals surface area contributed by atoms with E-state index in [1.54, 1.807) is 0 Å². The van der Waals surface area contributed by atoms with Crippen molar-refractivity contribution in [2.75, 3.05) is 14.2 Å². The van der Waals surface area contributed by atoms with Gasteiger partial charge in [-0.1, -0.05) is 42.5 Å². The van der Waals surface area contributed by atoms with E-state index in [-0.39, 0.29) is 11.7 Å². The number of para-hydroxylation sites is 1. The van der Waals surface area contributed by atoms with E-state index in [0.29, 0.717) is 0 Å². The Labute approximate surface area is 174 Å². The molecule has 0 saturated carbocycles. The number of aromatic amines is 1. The first-order chi connectivity index (χ1) is 14.5. The summed E-state index contributed by atoms with van der Waals surface area (Å²) in [6.45, 7) is 1.91. The van der Waals surface area contributed by atoms with Crippen LogP contribution in [0.3, 0.4) is 0 Å². The van der Waals surface area contributed by atoms with Gasteiger partial charge in [-0.2, -0.15) is 0 Å². The van der Waals surface area contributed by atoms with Crippen LogP contribution < -0.4 is 0 Å². The molecule has 2 heterocycles. The average molecular weight is 402 g/mol. The number of allylic oxidation sites excluding steroid dienone is 1. The van der Waals surface area contributed by atoms with Crippen LogP contribution in [0.1, 0.15) is 29.7 Å². The molecule has 1 aliphatic rings. The number of esters is 2. The van der Waals surface area contributed by atoms with E-state index in [0.717, 1.165) is 33.3 Å². The molecule has 30 heavy (non-hydrogen) atoms. The third kappa shape index (κ3) is 3.26. The lowest BCUT2D eigenvalue weighted by molar-refractivity contribution is -0.140. The summed E-state index contributed by atoms with van der Waals surface area (Å²) in [5.74, 6) is -1.24. The molecule has 2 aromatic carbocycles. The largest absolute Gasteiger partial charge is 0.466 e. The van der Waals surface area contributed by atoms with Gasteiger partial charge in [0.15, 0.2) is 0 Å². The van der Waals surface area contributed by atoms with Crippen molar-refractivity contribution in [1.82, 2.24) is 9.88 Å². The highest BCUT2D eigenvalue weighted by atomic mass is 16.5. The van der Waals surface area contributed by atoms with Crippen LogP contribution >= 0.6 is 0 Å². The molecule has 1 atom stereocenters. The minimum absolute atomic E-state index is 0.114. The lowest BCUT2D eigenvalue weighted by Crippen LogP contribution is -2.34. The Balaban J connectivity index is 1.99. The van der Waals surface area contributed by atoms with Crippen molar-refractivity contribution in [2.45, 2.75) is 13.0 Å². The molecule has 0 radical (unpaired) electrons. The summed E-state index contributed by atoms with van der Waals surface area (Å²) in [7, 11) is 2.57. The van der Waals surface area contributed by atoms with Gasteiger partial charge in [0.2, 0.25) is 0 Å². The van der Waals surface area contributed by atoms with Crippen molar-refractivity contribution in [2.24, 2.45) is 0 Å². The van der Waals surface area contributed by atoms with Gasteiger partial charge in [0.05, 0.1) is 26.3 Å². The Hall–Kier alpha value is -3.80. The molecule has 0 aliphatic carbocycles. The summed E-state index contributed by atoms with van der Waals surface area (Å²) in [6, 6.07) is 15.7. The fourth-order valence-corrected chi connectivity index (χ4v) is 3.99. The second-order valence-corrected chi connectivity index (χ2v) is 7.02. The zero-order chi connectivity index (χ0) is 21.3. The zero-order valence-electron chi connectivity index (χ0n) is 17.0. The number of hydrogen-bond donors (Lipinski definition) is 1. The van der Waals surface area contributed by atoms with Crippen LogP contribution in [0.15, 0.2) is 72.2 Å². The molecule has 0 fully saturated rings. The van der Waals surface area contributed by atoms with Crippen LogP contribution in [0.4, 0.5) is 0 Å². The number of carbonyl (C=O) groups is 2. The van der Waals surface area contributed by atoms with Gasteiger partial charge >= 0.3 is 11.9 Å². The van der Waals surface area contributed by atoms with Gasteiger partial charge in [0, 0.05) is 28.4 Å². The highest BCUT2D eigenvalue weighted by Gasteiger charge is 2.35. The number of nitrogens with one attached hydrogen (secondary N) is 1. The second-order valence-electron chi connectivity index (χ2n) is 7.02. The molecule has 152 valence electrons. The quantitative estimate of drug-likeness (QED) is 0.524. The SMILES string of the molecule is COC(=O)/C=C(\C(=O)OC)N1C(C)=Cc2ccccc2C1c1c[nH]c2ccccc12. The molecule has 0 amide bonds. The fourth-order valence-electron chi connectivity index (χ4n) is 3.99. The molecule has 6 heteroatoms. The van der Waals surface area contributed by atoms with Crippen molar-refractivity contribution in [3.8, 4) is 0 Å². The first-order valence-corrected chi connectivity index (χ1v) is 9.55. The van der Waals surface area contributed by atoms with Crippen molar-refractivity contribution < 1.29 is 19.1 Å². The first kappa shape index (κ1) is 19.5. The number of methoxy groups -OCH3 is 2. The van der Waals surface area contributed by atoms with Crippen LogP contribution in [-0.2, 0) is 19.1 Å². The highest BCUT2D eigenvalue weighted by molar-refractivity contribution is 5.97. The van der Waals surface area contributed by atoms with Gasteiger partial charge in [-0.05, 0) is 30.2 Å². The Bertz CT molecular complexity index is 1190. The molecule has 4 rings (SSSR count). The van der Waals surface area contributed by atoms with E-state index in [2.05, 4.69) is 4.98 Å². The molecule has 1 aliphatic heterocycles. The maximum absolute atomic E-state index is 12.7. The van der Waals surface area contributed by atoms with Crippen molar-refractivity contribution in [1.29, 1.82) is 0 Å². The predicted molar refractivity (Wildman–Crippen MR) is 114 cm³/mol. The Morgan fingerprint density at radius 3 is 2.50 bits per heavy atom. The third-order valence-electron chi connectivity index (χ3n) is 5.32. The number of carbonyl (C=O) groups excluding carboxylic acids is 2. The van der Waals surface area contributed by atoms with E-state index >= 15 is 0 Å². The Kier molecular flexibility index (Phi) is 5.14. The van der Waals surface area contributed by atoms with E-state index < -0.39 is 11.9 Å². The summed E-state index contributed by atoms with van der Waals surface area (Å²) in [6.07, 6.45) is 5.12. The summed E-state index contributed by atoms with van der Waals surface area (Å²) < 4.78 is 9.80. The van der Waals surface area contributed by atoms with Crippen molar-refractivity contribution in [3.63, 3.8) is 0 Å². The lowest BCUT2D eigenvalue weighted by Gasteiger charge is -2.38. The van der Waals surface area contributed by atoms with Gasteiger partial charge in [-0.3, -0.25) is 0 Å². The van der Waals surface area contributed by atoms with Crippen LogP contribution in [0.2, 0.25) is 0 Å². The van der Waals surface area contributed by atoms with Crippen molar-refractivity contribution in [3.05, 3.63) is 88.9 Å². The molecule has 1 aromatic heterocycles. The smallest absolute Gasteiger partial charge is 0.354 e. The molecule has 1 unspecified atom stereocenters. The second kappa shape index (κ2) is 7.91. The van der Waals surface area contributed by atoms with Gasteiger partial charge in [0.1, 0.15) is 5.70 Å². The van der Waals surface area contributed by atoms with E-state index in [1.807, 2.05) is 72.6 Å². The Morgan fingerprint density at radius 2 is 1.73 bits per heavy atom. The summed E-state index contributed by atoms with van der Waals surface area (Å²) in [5.41, 5.74) is 4.99. The average Bonchev–Trinajstić information content (AvgIpc) is 3.20. The highest BCUT2D eigenvalue weighted by Crippen LogP contribution is 2.43. The van der Waals surface area contributed by atoms with Crippen molar-refractivity contribution >= 4 is 28.9 Å². The monoisotopic (exact) mass is 402 g/mol. The minimum Gasteiger partial charge on any atom is -0.466 e. The number of rotatable bonds is 4. The zero-order valence-corrected chi connectivity index (χ0v) is 17.0. The van der Waals surface area contributed by atoms with Crippen LogP contribution in [0.5, 0.6) is 0 Å². The Morgan fingerprint density at radius 1 is 1.00 bits per heavy atom. The molecule has 3 aromatic rings. The number of nitrogens with zero attached hydrogens (tertiary/aromatic N) is 1. The van der Waals surface area contributed by atoms with E-state index in [4.69, 9.17) is 9.47 Å². The minimum atomic E-state index is -0.625. The normalized spacial score (nSPS) is 16.1. The maximum Gasteiger partial charge on any atom is 0.354 e. The number of aromatic nitrogens is 1. The molecule has 0 saturated heterocycles. The summed E-state index contributed by atoms with van der Waals surface area (Å²) in [4.78, 5) is 30.0. The van der Waals surface area contributed by atoms with Crippen LogP contribution in [-0.4, -0.2) is 36.0 Å². The molecule has 1 N–H and O–H groups in total. The maximum atomic E-state index is 12.7. The van der Waals surface area contributed by atoms with Gasteiger partial charge in [-0.25, -0.2) is 9.59 Å². The fraction of sp³-hybridized carbons (Fsp3) is 0.167. The lowest BCUT2D eigenvalue weighted by atomic mass is 9.88. The summed E-state index contributed by atoms with van der Waals surface area (Å²) in [5, 5.41) is 1.04. The number of H-pyrrole nitrogens is 1. The molecule has 0 bridgehead atoms. The van der Waals surface area contributed by atoms with E-state index in [1.165, 1.54) is 20.3 Å². The van der Waals surface area contributed by atoms with Crippen LogP contribution in [0.25, 0.3) is 17.0 Å². The van der Waals surface area contributed by atoms with Gasteiger partial charge < -0.3 is 19.4 Å². The molecular weight excluding hydrogens is 380 g/mol. The number of ether oxygens (including phenoxy) is 2. The van der Waals surface area contributed by atoms with Crippen LogP contribution in [0, 0.1) is 0 Å². The standard InChI is InChI=1S/C24H22N2O4/c1-15-12-16-8-4-5-9-17(16)23(19-14-25-20-11-7-6-10-18(19)20)26(15)21(24(28)30-3)13-22(27)29-2/h4-14,23,25H,1-3H3/b21-13+. The topological polar surface area (TPSA) is 71.6 Å². The predicted octanol–water partition coefficient (Wildman–Crippen LogP) is 4.16. The van der Waals surface area contributed by atoms with Gasteiger partial charge in [0.25, 0.3) is 0 Å². The number of fused-ring (bicyclic) bond motifs is 2. The summed E-state index contributed by atoms with van der Waals surface area (Å²) >= 11 is 0. The molecule has 6 nitrogen and oxygen atoms in total. The van der Waals surface area contributed by atoms with Gasteiger partial charge in [-0.15, -0.1) is 0 Å². The first-order valence-electron chi connectivity index (χ1n) is 9.55. The number of hydrogen-bond acceptors (Lipinski definition) is 5.